The molecule has 1 aromatic carbocycles. The molecule has 2 rings (SSSR count). The van der Waals surface area contributed by atoms with Gasteiger partial charge in [-0.05, 0) is 31.4 Å². The van der Waals surface area contributed by atoms with Gasteiger partial charge < -0.3 is 10.4 Å². The van der Waals surface area contributed by atoms with Crippen LogP contribution in [0.5, 0.6) is 0 Å². The summed E-state index contributed by atoms with van der Waals surface area (Å²) in [4.78, 5) is 33.3. The molecule has 1 saturated carbocycles. The van der Waals surface area contributed by atoms with Gasteiger partial charge in [0.25, 0.3) is 11.6 Å². The van der Waals surface area contributed by atoms with Gasteiger partial charge in [0.2, 0.25) is 0 Å². The van der Waals surface area contributed by atoms with Crippen LogP contribution in [0.25, 0.3) is 0 Å². The van der Waals surface area contributed by atoms with Gasteiger partial charge in [-0.25, -0.2) is 0 Å². The number of hydrogen-bond donors (Lipinski definition) is 2. The lowest BCUT2D eigenvalue weighted by molar-refractivity contribution is -0.385. The van der Waals surface area contributed by atoms with Crippen LogP contribution in [-0.2, 0) is 4.79 Å². The maximum Gasteiger partial charge on any atom is 0.306 e. The molecule has 1 fully saturated rings. The zero-order valence-corrected chi connectivity index (χ0v) is 11.7. The third-order valence-corrected chi connectivity index (χ3v) is 3.75. The fourth-order valence-electron chi connectivity index (χ4n) is 2.45. The number of nitrogens with one attached hydrogen (secondary N) is 1. The number of carbonyl (C=O) groups is 2. The Morgan fingerprint density at radius 3 is 2.67 bits per heavy atom. The molecule has 1 aromatic rings. The zero-order chi connectivity index (χ0) is 15.6. The van der Waals surface area contributed by atoms with Crippen LogP contribution in [0.4, 0.5) is 5.69 Å². The number of amides is 1. The molecule has 21 heavy (non-hydrogen) atoms. The summed E-state index contributed by atoms with van der Waals surface area (Å²) in [7, 11) is 0. The van der Waals surface area contributed by atoms with Crippen LogP contribution >= 0.6 is 11.6 Å². The van der Waals surface area contributed by atoms with Gasteiger partial charge in [-0.3, -0.25) is 19.7 Å². The quantitative estimate of drug-likeness (QED) is 0.654. The third-order valence-electron chi connectivity index (χ3n) is 3.52. The van der Waals surface area contributed by atoms with Crippen molar-refractivity contribution in [3.63, 3.8) is 0 Å². The van der Waals surface area contributed by atoms with Crippen molar-refractivity contribution in [2.24, 2.45) is 5.92 Å². The summed E-state index contributed by atoms with van der Waals surface area (Å²) >= 11 is 5.77. The molecule has 2 atom stereocenters. The van der Waals surface area contributed by atoms with E-state index in [9.17, 15) is 19.7 Å². The van der Waals surface area contributed by atoms with Gasteiger partial charge in [-0.2, -0.15) is 0 Å². The van der Waals surface area contributed by atoms with Gasteiger partial charge in [-0.1, -0.05) is 11.6 Å². The van der Waals surface area contributed by atoms with Crippen LogP contribution in [0, 0.1) is 16.0 Å². The normalized spacial score (nSPS) is 21.0. The van der Waals surface area contributed by atoms with E-state index >= 15 is 0 Å². The van der Waals surface area contributed by atoms with E-state index in [4.69, 9.17) is 16.7 Å². The zero-order valence-electron chi connectivity index (χ0n) is 10.9. The molecule has 1 amide bonds. The van der Waals surface area contributed by atoms with E-state index < -0.39 is 22.7 Å². The van der Waals surface area contributed by atoms with Crippen molar-refractivity contribution >= 4 is 29.2 Å². The topological polar surface area (TPSA) is 110 Å². The lowest BCUT2D eigenvalue weighted by Gasteiger charge is -2.12. The predicted molar refractivity (Wildman–Crippen MR) is 74.3 cm³/mol. The maximum absolute atomic E-state index is 12.1. The summed E-state index contributed by atoms with van der Waals surface area (Å²) in [6.45, 7) is 0. The van der Waals surface area contributed by atoms with E-state index in [1.165, 1.54) is 18.2 Å². The highest BCUT2D eigenvalue weighted by molar-refractivity contribution is 6.31. The minimum Gasteiger partial charge on any atom is -0.481 e. The van der Waals surface area contributed by atoms with E-state index in [-0.39, 0.29) is 22.3 Å². The van der Waals surface area contributed by atoms with Crippen LogP contribution < -0.4 is 5.32 Å². The SMILES string of the molecule is O=C(NC1CCC(C(=O)O)C1)c1cc(Cl)ccc1[N+](=O)[O-]. The molecule has 0 saturated heterocycles. The van der Waals surface area contributed by atoms with E-state index in [1.807, 2.05) is 0 Å². The molecule has 2 unspecified atom stereocenters. The second kappa shape index (κ2) is 6.09. The van der Waals surface area contributed by atoms with Crippen molar-refractivity contribution < 1.29 is 19.6 Å². The smallest absolute Gasteiger partial charge is 0.306 e. The number of hydrogen-bond acceptors (Lipinski definition) is 4. The first-order valence-corrected chi connectivity index (χ1v) is 6.74. The molecular formula is C13H13ClN2O5. The number of aliphatic carboxylic acids is 1. The van der Waals surface area contributed by atoms with Crippen molar-refractivity contribution in [3.05, 3.63) is 38.9 Å². The van der Waals surface area contributed by atoms with Gasteiger partial charge in [0.1, 0.15) is 5.56 Å². The van der Waals surface area contributed by atoms with Crippen LogP contribution in [-0.4, -0.2) is 27.9 Å². The van der Waals surface area contributed by atoms with Gasteiger partial charge in [0, 0.05) is 17.1 Å². The standard InChI is InChI=1S/C13H13ClN2O5/c14-8-2-4-11(16(20)21)10(6-8)12(17)15-9-3-1-7(5-9)13(18)19/h2,4,6-7,9H,1,3,5H2,(H,15,17)(H,18,19). The van der Waals surface area contributed by atoms with Gasteiger partial charge in [0.15, 0.2) is 0 Å². The van der Waals surface area contributed by atoms with Crippen LogP contribution in [0.3, 0.4) is 0 Å². The molecule has 0 radical (unpaired) electrons. The lowest BCUT2D eigenvalue weighted by atomic mass is 10.1. The van der Waals surface area contributed by atoms with E-state index in [0.717, 1.165) is 0 Å². The molecule has 0 bridgehead atoms. The van der Waals surface area contributed by atoms with Crippen molar-refractivity contribution in [2.75, 3.05) is 0 Å². The van der Waals surface area contributed by atoms with Crippen molar-refractivity contribution in [2.45, 2.75) is 25.3 Å². The highest BCUT2D eigenvalue weighted by Gasteiger charge is 2.31. The first-order chi connectivity index (χ1) is 9.88. The average Bonchev–Trinajstić information content (AvgIpc) is 2.86. The van der Waals surface area contributed by atoms with Gasteiger partial charge >= 0.3 is 5.97 Å². The summed E-state index contributed by atoms with van der Waals surface area (Å²) in [5.41, 5.74) is -0.448. The number of benzene rings is 1. The Hall–Kier alpha value is -2.15. The fourth-order valence-corrected chi connectivity index (χ4v) is 2.62. The van der Waals surface area contributed by atoms with Crippen LogP contribution in [0.15, 0.2) is 18.2 Å². The molecular weight excluding hydrogens is 300 g/mol. The fraction of sp³-hybridized carbons (Fsp3) is 0.385. The molecule has 0 heterocycles. The van der Waals surface area contributed by atoms with Crippen molar-refractivity contribution in [3.8, 4) is 0 Å². The predicted octanol–water partition coefficient (Wildman–Crippen LogP) is 2.23. The summed E-state index contributed by atoms with van der Waals surface area (Å²) in [5, 5.41) is 22.7. The molecule has 112 valence electrons. The molecule has 7 nitrogen and oxygen atoms in total. The van der Waals surface area contributed by atoms with Crippen molar-refractivity contribution in [1.82, 2.24) is 5.32 Å². The Morgan fingerprint density at radius 2 is 2.10 bits per heavy atom. The highest BCUT2D eigenvalue weighted by atomic mass is 35.5. The Morgan fingerprint density at radius 1 is 1.38 bits per heavy atom. The molecule has 0 spiro atoms. The first-order valence-electron chi connectivity index (χ1n) is 6.36. The Labute approximate surface area is 125 Å². The summed E-state index contributed by atoms with van der Waals surface area (Å²) < 4.78 is 0. The minimum absolute atomic E-state index is 0.119. The van der Waals surface area contributed by atoms with E-state index in [0.29, 0.717) is 19.3 Å². The number of nitrogens with zero attached hydrogens (tertiary/aromatic N) is 1. The summed E-state index contributed by atoms with van der Waals surface area (Å²) in [6.07, 6.45) is 1.35. The number of carboxylic acids is 1. The average molecular weight is 313 g/mol. The van der Waals surface area contributed by atoms with Crippen LogP contribution in [0.2, 0.25) is 5.02 Å². The third kappa shape index (κ3) is 3.49. The number of carbonyl (C=O) groups excluding carboxylic acids is 1. The number of rotatable bonds is 4. The Balaban J connectivity index is 2.12. The van der Waals surface area contributed by atoms with E-state index in [1.54, 1.807) is 0 Å². The highest BCUT2D eigenvalue weighted by Crippen LogP contribution is 2.27. The Bertz CT molecular complexity index is 604. The molecule has 2 N–H and O–H groups in total. The summed E-state index contributed by atoms with van der Waals surface area (Å²) in [5.74, 6) is -1.98. The molecule has 0 aliphatic heterocycles. The number of nitro benzene ring substituents is 1. The molecule has 8 heteroatoms. The van der Waals surface area contributed by atoms with Gasteiger partial charge in [-0.15, -0.1) is 0 Å². The molecule has 1 aliphatic rings. The first kappa shape index (κ1) is 15.2. The minimum atomic E-state index is -0.888. The number of nitro groups is 1. The second-order valence-electron chi connectivity index (χ2n) is 4.94. The monoisotopic (exact) mass is 312 g/mol. The Kier molecular flexibility index (Phi) is 4.42. The molecule has 1 aliphatic carbocycles. The lowest BCUT2D eigenvalue weighted by Crippen LogP contribution is -2.33. The van der Waals surface area contributed by atoms with E-state index in [2.05, 4.69) is 5.32 Å². The number of halogens is 1. The second-order valence-corrected chi connectivity index (χ2v) is 5.37. The largest absolute Gasteiger partial charge is 0.481 e. The van der Waals surface area contributed by atoms with Crippen LogP contribution in [0.1, 0.15) is 29.6 Å². The number of carboxylic acid groups (broad SMARTS) is 1. The van der Waals surface area contributed by atoms with Gasteiger partial charge in [0.05, 0.1) is 10.8 Å². The molecule has 0 aromatic heterocycles. The maximum atomic E-state index is 12.1. The van der Waals surface area contributed by atoms with Crippen molar-refractivity contribution in [1.29, 1.82) is 0 Å². The summed E-state index contributed by atoms with van der Waals surface area (Å²) in [6, 6.07) is 3.45.